The van der Waals surface area contributed by atoms with Gasteiger partial charge in [-0.15, -0.1) is 0 Å². The van der Waals surface area contributed by atoms with E-state index in [0.717, 1.165) is 12.8 Å². The molecule has 0 aliphatic carbocycles. The molecule has 4 heteroatoms. The smallest absolute Gasteiger partial charge is 0.234 e. The highest BCUT2D eigenvalue weighted by atomic mass is 19.1. The lowest BCUT2D eigenvalue weighted by Crippen LogP contribution is -2.46. The van der Waals surface area contributed by atoms with Gasteiger partial charge in [-0.2, -0.15) is 0 Å². The monoisotopic (exact) mass is 277 g/mol. The van der Waals surface area contributed by atoms with Gasteiger partial charge in [0.2, 0.25) is 11.8 Å². The van der Waals surface area contributed by atoms with E-state index in [1.54, 1.807) is 18.2 Å². The van der Waals surface area contributed by atoms with E-state index >= 15 is 0 Å². The van der Waals surface area contributed by atoms with Crippen molar-refractivity contribution in [3.05, 3.63) is 35.6 Å². The minimum absolute atomic E-state index is 0.131. The highest BCUT2D eigenvalue weighted by molar-refractivity contribution is 6.01. The molecule has 0 bridgehead atoms. The molecule has 3 unspecified atom stereocenters. The number of hydrogen-bond donors (Lipinski definition) is 1. The van der Waals surface area contributed by atoms with E-state index in [-0.39, 0.29) is 35.9 Å². The minimum Gasteiger partial charge on any atom is -0.296 e. The molecule has 1 aliphatic rings. The van der Waals surface area contributed by atoms with Gasteiger partial charge in [-0.3, -0.25) is 14.9 Å². The van der Waals surface area contributed by atoms with Gasteiger partial charge >= 0.3 is 0 Å². The molecule has 20 heavy (non-hydrogen) atoms. The first-order valence-corrected chi connectivity index (χ1v) is 7.12. The number of imide groups is 1. The van der Waals surface area contributed by atoms with Gasteiger partial charge in [-0.25, -0.2) is 4.39 Å². The molecule has 108 valence electrons. The highest BCUT2D eigenvalue weighted by Crippen LogP contribution is 2.38. The second kappa shape index (κ2) is 6.16. The SMILES string of the molecule is CCCC(C)C1CC(=O)NC(=O)C1c1ccccc1F. The van der Waals surface area contributed by atoms with Gasteiger partial charge in [-0.05, 0) is 17.9 Å². The van der Waals surface area contributed by atoms with Crippen LogP contribution in [0.5, 0.6) is 0 Å². The summed E-state index contributed by atoms with van der Waals surface area (Å²) in [5, 5.41) is 2.34. The summed E-state index contributed by atoms with van der Waals surface area (Å²) in [5.41, 5.74) is 0.394. The molecule has 1 aromatic carbocycles. The lowest BCUT2D eigenvalue weighted by Gasteiger charge is -2.34. The molecule has 2 amide bonds. The summed E-state index contributed by atoms with van der Waals surface area (Å²) < 4.78 is 14.0. The Morgan fingerprint density at radius 3 is 2.70 bits per heavy atom. The first kappa shape index (κ1) is 14.7. The number of hydrogen-bond acceptors (Lipinski definition) is 2. The zero-order valence-electron chi connectivity index (χ0n) is 11.9. The Bertz CT molecular complexity index is 515. The summed E-state index contributed by atoms with van der Waals surface area (Å²) >= 11 is 0. The maximum Gasteiger partial charge on any atom is 0.234 e. The largest absolute Gasteiger partial charge is 0.296 e. The molecular weight excluding hydrogens is 257 g/mol. The van der Waals surface area contributed by atoms with Crippen LogP contribution in [0.2, 0.25) is 0 Å². The van der Waals surface area contributed by atoms with Crippen LogP contribution in [0.25, 0.3) is 0 Å². The number of rotatable bonds is 4. The number of carbonyl (C=O) groups excluding carboxylic acids is 2. The third-order valence-corrected chi connectivity index (χ3v) is 4.11. The van der Waals surface area contributed by atoms with Crippen LogP contribution < -0.4 is 5.32 Å². The average molecular weight is 277 g/mol. The van der Waals surface area contributed by atoms with Crippen LogP contribution in [0, 0.1) is 17.7 Å². The number of amides is 2. The van der Waals surface area contributed by atoms with Gasteiger partial charge in [-0.1, -0.05) is 44.9 Å². The first-order valence-electron chi connectivity index (χ1n) is 7.12. The molecule has 3 nitrogen and oxygen atoms in total. The molecular formula is C16H20FNO2. The Labute approximate surface area is 118 Å². The van der Waals surface area contributed by atoms with E-state index in [1.165, 1.54) is 6.07 Å². The van der Waals surface area contributed by atoms with Crippen LogP contribution in [-0.2, 0) is 9.59 Å². The number of carbonyl (C=O) groups is 2. The zero-order chi connectivity index (χ0) is 14.7. The van der Waals surface area contributed by atoms with Gasteiger partial charge in [0.1, 0.15) is 5.82 Å². The van der Waals surface area contributed by atoms with Gasteiger partial charge in [0.05, 0.1) is 5.92 Å². The van der Waals surface area contributed by atoms with Crippen molar-refractivity contribution in [1.29, 1.82) is 0 Å². The molecule has 0 radical (unpaired) electrons. The molecule has 2 rings (SSSR count). The van der Waals surface area contributed by atoms with Crippen molar-refractivity contribution in [2.75, 3.05) is 0 Å². The Kier molecular flexibility index (Phi) is 4.53. The Balaban J connectivity index is 2.37. The third kappa shape index (κ3) is 2.89. The van der Waals surface area contributed by atoms with E-state index in [4.69, 9.17) is 0 Å². The molecule has 1 aromatic rings. The van der Waals surface area contributed by atoms with Crippen molar-refractivity contribution in [2.45, 2.75) is 39.0 Å². The molecule has 0 aromatic heterocycles. The third-order valence-electron chi connectivity index (χ3n) is 4.11. The minimum atomic E-state index is -0.574. The molecule has 1 aliphatic heterocycles. The van der Waals surface area contributed by atoms with E-state index in [0.29, 0.717) is 5.56 Å². The molecule has 1 fully saturated rings. The molecule has 3 atom stereocenters. The number of halogens is 1. The maximum atomic E-state index is 14.0. The fourth-order valence-corrected chi connectivity index (χ4v) is 3.09. The van der Waals surface area contributed by atoms with Crippen molar-refractivity contribution in [1.82, 2.24) is 5.32 Å². The van der Waals surface area contributed by atoms with Crippen LogP contribution in [0.4, 0.5) is 4.39 Å². The van der Waals surface area contributed by atoms with E-state index < -0.39 is 5.92 Å². The topological polar surface area (TPSA) is 46.2 Å². The predicted octanol–water partition coefficient (Wildman–Crippen LogP) is 3.01. The van der Waals surface area contributed by atoms with Crippen LogP contribution in [0.1, 0.15) is 44.6 Å². The van der Waals surface area contributed by atoms with Crippen LogP contribution in [0.15, 0.2) is 24.3 Å². The number of benzene rings is 1. The predicted molar refractivity (Wildman–Crippen MR) is 74.5 cm³/mol. The average Bonchev–Trinajstić information content (AvgIpc) is 2.39. The Morgan fingerprint density at radius 1 is 1.35 bits per heavy atom. The Morgan fingerprint density at radius 2 is 2.05 bits per heavy atom. The normalized spacial score (nSPS) is 24.4. The fraction of sp³-hybridized carbons (Fsp3) is 0.500. The summed E-state index contributed by atoms with van der Waals surface area (Å²) in [5.74, 6) is -1.51. The standard InChI is InChI=1S/C16H20FNO2/c1-3-6-10(2)12-9-14(19)18-16(20)15(12)11-7-4-5-8-13(11)17/h4-5,7-8,10,12,15H,3,6,9H2,1-2H3,(H,18,19,20). The first-order chi connectivity index (χ1) is 9.54. The summed E-state index contributed by atoms with van der Waals surface area (Å²) in [7, 11) is 0. The Hall–Kier alpha value is -1.71. The van der Waals surface area contributed by atoms with Gasteiger partial charge in [0.25, 0.3) is 0 Å². The summed E-state index contributed by atoms with van der Waals surface area (Å²) in [6, 6.07) is 6.33. The van der Waals surface area contributed by atoms with Crippen molar-refractivity contribution in [2.24, 2.45) is 11.8 Å². The summed E-state index contributed by atoms with van der Waals surface area (Å²) in [4.78, 5) is 23.8. The second-order valence-corrected chi connectivity index (χ2v) is 5.55. The summed E-state index contributed by atoms with van der Waals surface area (Å²) in [6.07, 6.45) is 2.19. The van der Waals surface area contributed by atoms with Crippen LogP contribution >= 0.6 is 0 Å². The fourth-order valence-electron chi connectivity index (χ4n) is 3.09. The number of nitrogens with one attached hydrogen (secondary N) is 1. The molecule has 0 spiro atoms. The summed E-state index contributed by atoms with van der Waals surface area (Å²) in [6.45, 7) is 4.10. The quantitative estimate of drug-likeness (QED) is 0.860. The van der Waals surface area contributed by atoms with Gasteiger partial charge in [0, 0.05) is 12.0 Å². The van der Waals surface area contributed by atoms with Gasteiger partial charge in [0.15, 0.2) is 0 Å². The molecule has 1 heterocycles. The highest BCUT2D eigenvalue weighted by Gasteiger charge is 2.40. The van der Waals surface area contributed by atoms with Crippen molar-refractivity contribution < 1.29 is 14.0 Å². The maximum absolute atomic E-state index is 14.0. The van der Waals surface area contributed by atoms with E-state index in [1.807, 2.05) is 6.92 Å². The van der Waals surface area contributed by atoms with E-state index in [9.17, 15) is 14.0 Å². The van der Waals surface area contributed by atoms with Gasteiger partial charge < -0.3 is 0 Å². The lowest BCUT2D eigenvalue weighted by molar-refractivity contribution is -0.137. The van der Waals surface area contributed by atoms with Crippen molar-refractivity contribution >= 4 is 11.8 Å². The van der Waals surface area contributed by atoms with Crippen LogP contribution in [-0.4, -0.2) is 11.8 Å². The molecule has 0 saturated carbocycles. The van der Waals surface area contributed by atoms with Crippen molar-refractivity contribution in [3.63, 3.8) is 0 Å². The molecule has 1 N–H and O–H groups in total. The van der Waals surface area contributed by atoms with Crippen LogP contribution in [0.3, 0.4) is 0 Å². The van der Waals surface area contributed by atoms with E-state index in [2.05, 4.69) is 12.2 Å². The molecule has 1 saturated heterocycles. The second-order valence-electron chi connectivity index (χ2n) is 5.55. The number of piperidine rings is 1. The zero-order valence-corrected chi connectivity index (χ0v) is 11.9. The lowest BCUT2D eigenvalue weighted by atomic mass is 9.72. The van der Waals surface area contributed by atoms with Crippen molar-refractivity contribution in [3.8, 4) is 0 Å².